The first-order valence-corrected chi connectivity index (χ1v) is 14.5. The van der Waals surface area contributed by atoms with E-state index >= 15 is 0 Å². The Kier molecular flexibility index (Phi) is 26.4. The smallest absolute Gasteiger partial charge is 0.306 e. The maximum absolute atomic E-state index is 10.5. The van der Waals surface area contributed by atoms with Crippen molar-refractivity contribution < 1.29 is 38.0 Å². The normalized spacial score (nSPS) is 17.0. The number of rotatable bonds is 7. The average molecular weight is 642 g/mol. The van der Waals surface area contributed by atoms with Gasteiger partial charge in [0.15, 0.2) is 0 Å². The second-order valence-electron chi connectivity index (χ2n) is 4.95. The average Bonchev–Trinajstić information content (AvgIpc) is 2.87. The van der Waals surface area contributed by atoms with Crippen LogP contribution in [0.5, 0.6) is 0 Å². The summed E-state index contributed by atoms with van der Waals surface area (Å²) in [6.07, 6.45) is 5.28. The van der Waals surface area contributed by atoms with Gasteiger partial charge in [0, 0.05) is 73.5 Å². The Labute approximate surface area is 177 Å². The molecule has 8 heteroatoms. The molecule has 1 fully saturated rings. The Bertz CT molecular complexity index is 284. The molecule has 4 nitrogen and oxygen atoms in total. The molecule has 0 unspecified atom stereocenters. The van der Waals surface area contributed by atoms with Crippen molar-refractivity contribution in [3.63, 3.8) is 0 Å². The second kappa shape index (κ2) is 20.5. The minimum Gasteiger partial charge on any atom is -0.481 e. The zero-order valence-corrected chi connectivity index (χ0v) is 20.4. The number of hydrogen-bond donors (Lipinski definition) is 1. The van der Waals surface area contributed by atoms with Gasteiger partial charge in [-0.25, -0.2) is 0 Å². The van der Waals surface area contributed by atoms with E-state index < -0.39 is 5.97 Å². The molecule has 0 aliphatic carbocycles. The summed E-state index contributed by atoms with van der Waals surface area (Å²) in [5.41, 5.74) is 0. The van der Waals surface area contributed by atoms with Crippen LogP contribution in [-0.4, -0.2) is 29.0 Å². The predicted molar refractivity (Wildman–Crippen MR) is 106 cm³/mol. The maximum atomic E-state index is 10.5. The molecule has 1 saturated heterocycles. The van der Waals surface area contributed by atoms with Crippen LogP contribution in [0.2, 0.25) is 0 Å². The molecule has 1 radical (unpaired) electrons. The van der Waals surface area contributed by atoms with Gasteiger partial charge in [-0.1, -0.05) is 42.6 Å². The molecule has 0 saturated carbocycles. The standard InChI is InChI=1S/C7H13BrO2.C7H12O2.I2.V/c1-2-3-6(5-8)4-7(9)10;1-2-3-6-4-7(8)9-5-6;1-2;/h6H,2-5H2,1H3,(H,9,10);6H,2-5H2,1H3;;/t2*6-;;/m11../s1. The number of carbonyl (C=O) groups is 2. The largest absolute Gasteiger partial charge is 0.481 e. The second-order valence-corrected chi connectivity index (χ2v) is 5.60. The van der Waals surface area contributed by atoms with Crippen molar-refractivity contribution >= 4 is 65.1 Å². The third-order valence-electron chi connectivity index (χ3n) is 3.01. The molecule has 0 bridgehead atoms. The Morgan fingerprint density at radius 2 is 2.00 bits per heavy atom. The Morgan fingerprint density at radius 3 is 2.32 bits per heavy atom. The molecule has 1 heterocycles. The van der Waals surface area contributed by atoms with Gasteiger partial charge in [0.05, 0.1) is 13.0 Å². The van der Waals surface area contributed by atoms with Crippen molar-refractivity contribution in [2.45, 2.75) is 52.4 Å². The van der Waals surface area contributed by atoms with Gasteiger partial charge in [0.2, 0.25) is 0 Å². The van der Waals surface area contributed by atoms with Gasteiger partial charge in [-0.05, 0) is 18.8 Å². The molecule has 0 aromatic heterocycles. The van der Waals surface area contributed by atoms with Crippen LogP contribution in [0.4, 0.5) is 0 Å². The van der Waals surface area contributed by atoms with Crippen LogP contribution in [0.3, 0.4) is 0 Å². The maximum Gasteiger partial charge on any atom is 0.306 e. The fourth-order valence-electron chi connectivity index (χ4n) is 2.05. The van der Waals surface area contributed by atoms with Gasteiger partial charge in [-0.2, -0.15) is 0 Å². The summed E-state index contributed by atoms with van der Waals surface area (Å²) in [4.78, 5) is 20.7. The zero-order chi connectivity index (χ0) is 16.7. The predicted octanol–water partition coefficient (Wildman–Crippen LogP) is 5.39. The van der Waals surface area contributed by atoms with E-state index in [4.69, 9.17) is 9.84 Å². The molecule has 1 aliphatic rings. The first kappa shape index (κ1) is 28.3. The summed E-state index contributed by atoms with van der Waals surface area (Å²) in [5, 5.41) is 9.22. The van der Waals surface area contributed by atoms with Gasteiger partial charge in [-0.3, -0.25) is 9.59 Å². The van der Waals surface area contributed by atoms with Crippen molar-refractivity contribution in [1.29, 1.82) is 0 Å². The van der Waals surface area contributed by atoms with Crippen molar-refractivity contribution in [2.24, 2.45) is 11.8 Å². The molecule has 22 heavy (non-hydrogen) atoms. The number of esters is 1. The Hall–Kier alpha value is 1.46. The Balaban J connectivity index is -0.000000284. The van der Waals surface area contributed by atoms with Gasteiger partial charge in [0.1, 0.15) is 0 Å². The number of carboxylic acid groups (broad SMARTS) is 1. The van der Waals surface area contributed by atoms with Crippen LogP contribution in [-0.2, 0) is 32.9 Å². The number of halogens is 3. The number of hydrogen-bond acceptors (Lipinski definition) is 3. The molecule has 2 atom stereocenters. The molecule has 0 aromatic rings. The quantitative estimate of drug-likeness (QED) is 0.230. The zero-order valence-electron chi connectivity index (χ0n) is 13.1. The molecule has 0 amide bonds. The van der Waals surface area contributed by atoms with Crippen molar-refractivity contribution in [3.8, 4) is 0 Å². The summed E-state index contributed by atoms with van der Waals surface area (Å²) in [5.74, 6) is 0.108. The van der Waals surface area contributed by atoms with E-state index in [1.807, 2.05) is 0 Å². The topological polar surface area (TPSA) is 63.6 Å². The van der Waals surface area contributed by atoms with Crippen molar-refractivity contribution in [1.82, 2.24) is 0 Å². The van der Waals surface area contributed by atoms with E-state index in [1.165, 1.54) is 0 Å². The van der Waals surface area contributed by atoms with Crippen LogP contribution < -0.4 is 0 Å². The van der Waals surface area contributed by atoms with Gasteiger partial charge >= 0.3 is 11.9 Å². The van der Waals surface area contributed by atoms with E-state index in [2.05, 4.69) is 67.0 Å². The number of alkyl halides is 1. The molecule has 0 aromatic carbocycles. The monoisotopic (exact) mass is 641 g/mol. The van der Waals surface area contributed by atoms with Crippen LogP contribution in [0, 0.1) is 11.8 Å². The number of carbonyl (C=O) groups excluding carboxylic acids is 1. The van der Waals surface area contributed by atoms with Gasteiger partial charge in [-0.15, -0.1) is 0 Å². The fourth-order valence-corrected chi connectivity index (χ4v) is 2.60. The van der Waals surface area contributed by atoms with Crippen molar-refractivity contribution in [2.75, 3.05) is 11.9 Å². The molecule has 131 valence electrons. The molecular weight excluding hydrogens is 617 g/mol. The van der Waals surface area contributed by atoms with Gasteiger partial charge in [0.25, 0.3) is 0 Å². The molecule has 1 N–H and O–H groups in total. The van der Waals surface area contributed by atoms with Gasteiger partial charge < -0.3 is 9.84 Å². The van der Waals surface area contributed by atoms with Crippen molar-refractivity contribution in [3.05, 3.63) is 0 Å². The van der Waals surface area contributed by atoms with E-state index in [1.54, 1.807) is 0 Å². The van der Waals surface area contributed by atoms with Crippen LogP contribution in [0.1, 0.15) is 52.4 Å². The number of carboxylic acids is 1. The summed E-state index contributed by atoms with van der Waals surface area (Å²) >= 11 is 7.52. The van der Waals surface area contributed by atoms with Crippen LogP contribution in [0.25, 0.3) is 0 Å². The molecule has 1 rings (SSSR count). The first-order valence-electron chi connectivity index (χ1n) is 7.11. The van der Waals surface area contributed by atoms with E-state index in [-0.39, 0.29) is 24.5 Å². The third kappa shape index (κ3) is 17.8. The Morgan fingerprint density at radius 1 is 1.41 bits per heavy atom. The molecule has 1 aliphatic heterocycles. The SMILES string of the molecule is CCC[C@@H](CBr)CC(=O)O.CCC[C@H]1COC(=O)C1.II.[V]. The summed E-state index contributed by atoms with van der Waals surface area (Å²) < 4.78 is 4.78. The summed E-state index contributed by atoms with van der Waals surface area (Å²) in [6, 6.07) is 0. The van der Waals surface area contributed by atoms with Crippen LogP contribution in [0.15, 0.2) is 0 Å². The fraction of sp³-hybridized carbons (Fsp3) is 0.857. The van der Waals surface area contributed by atoms with E-state index in [0.717, 1.165) is 31.0 Å². The third-order valence-corrected chi connectivity index (χ3v) is 3.93. The van der Waals surface area contributed by atoms with Crippen LogP contribution >= 0.6 is 53.2 Å². The van der Waals surface area contributed by atoms with E-state index in [9.17, 15) is 9.59 Å². The minimum absolute atomic E-state index is 0. The summed E-state index contributed by atoms with van der Waals surface area (Å²) in [6.45, 7) is 4.85. The summed E-state index contributed by atoms with van der Waals surface area (Å²) in [7, 11) is 0. The van der Waals surface area contributed by atoms with E-state index in [0.29, 0.717) is 31.3 Å². The molecule has 0 spiro atoms. The molecular formula is C14H25BrI2O4V. The number of aliphatic carboxylic acids is 1. The number of ether oxygens (including phenoxy) is 1. The minimum atomic E-state index is -0.696. The number of cyclic esters (lactones) is 1. The first-order chi connectivity index (χ1) is 10.0.